The predicted molar refractivity (Wildman–Crippen MR) is 85.5 cm³/mol. The summed E-state index contributed by atoms with van der Waals surface area (Å²) >= 11 is 0. The van der Waals surface area contributed by atoms with Gasteiger partial charge in [0.1, 0.15) is 22.9 Å². The average Bonchev–Trinajstić information content (AvgIpc) is 3.22. The molecule has 1 unspecified atom stereocenters. The minimum absolute atomic E-state index is 0.0449. The highest BCUT2D eigenvalue weighted by molar-refractivity contribution is 5.74. The molecule has 1 saturated heterocycles. The summed E-state index contributed by atoms with van der Waals surface area (Å²) in [4.78, 5) is 0. The molecule has 10 heteroatoms. The van der Waals surface area contributed by atoms with Gasteiger partial charge in [0, 0.05) is 31.2 Å². The maximum Gasteiger partial charge on any atom is 0.416 e. The summed E-state index contributed by atoms with van der Waals surface area (Å²) in [7, 11) is 1.64. The molecule has 0 amide bonds. The smallest absolute Gasteiger partial charge is 0.416 e. The molecule has 1 fully saturated rings. The number of phenols is 1. The second-order valence-electron chi connectivity index (χ2n) is 6.44. The molecule has 4 rings (SSSR count). The van der Waals surface area contributed by atoms with Crippen LogP contribution >= 0.6 is 0 Å². The Hall–Kier alpha value is -2.46. The van der Waals surface area contributed by atoms with Crippen LogP contribution in [0, 0.1) is 5.82 Å². The number of rotatable bonds is 2. The molecule has 0 bridgehead atoms. The van der Waals surface area contributed by atoms with E-state index in [1.807, 2.05) is 0 Å². The van der Waals surface area contributed by atoms with Crippen LogP contribution in [0.3, 0.4) is 0 Å². The van der Waals surface area contributed by atoms with E-state index in [9.17, 15) is 22.7 Å². The largest absolute Gasteiger partial charge is 0.507 e. The van der Waals surface area contributed by atoms with E-state index >= 15 is 0 Å². The van der Waals surface area contributed by atoms with Crippen LogP contribution in [0.1, 0.15) is 23.1 Å². The van der Waals surface area contributed by atoms with E-state index in [1.54, 1.807) is 7.05 Å². The number of alkyl halides is 3. The number of hydrogen-bond acceptors (Lipinski definition) is 6. The summed E-state index contributed by atoms with van der Waals surface area (Å²) < 4.78 is 64.4. The predicted octanol–water partition coefficient (Wildman–Crippen LogP) is 3.19. The SMILES string of the molecule is CNc1nnc(-c2c(O)cc(C(F)(F)F)cc2F)c2c1C1(CCOC1)OC2. The Kier molecular flexibility index (Phi) is 4.00. The number of benzene rings is 1. The number of ether oxygens (including phenoxy) is 2. The molecule has 3 heterocycles. The zero-order chi connectivity index (χ0) is 19.4. The van der Waals surface area contributed by atoms with Crippen LogP contribution in [0.2, 0.25) is 0 Å². The average molecular weight is 385 g/mol. The van der Waals surface area contributed by atoms with Gasteiger partial charge in [0.05, 0.1) is 24.3 Å². The van der Waals surface area contributed by atoms with Crippen LogP contribution < -0.4 is 5.32 Å². The van der Waals surface area contributed by atoms with Gasteiger partial charge >= 0.3 is 6.18 Å². The van der Waals surface area contributed by atoms with Gasteiger partial charge < -0.3 is 19.9 Å². The Balaban J connectivity index is 1.91. The zero-order valence-electron chi connectivity index (χ0n) is 14.2. The summed E-state index contributed by atoms with van der Waals surface area (Å²) in [6.07, 6.45) is -4.23. The molecule has 2 aliphatic heterocycles. The van der Waals surface area contributed by atoms with Crippen molar-refractivity contribution >= 4 is 5.82 Å². The summed E-state index contributed by atoms with van der Waals surface area (Å²) in [5.41, 5.74) is -1.43. The Labute approximate surface area is 151 Å². The van der Waals surface area contributed by atoms with Crippen molar-refractivity contribution < 1.29 is 32.1 Å². The first-order valence-corrected chi connectivity index (χ1v) is 8.16. The van der Waals surface area contributed by atoms with Crippen molar-refractivity contribution in [3.05, 3.63) is 34.6 Å². The number of fused-ring (bicyclic) bond motifs is 2. The summed E-state index contributed by atoms with van der Waals surface area (Å²) in [5, 5.41) is 21.0. The third kappa shape index (κ3) is 2.71. The van der Waals surface area contributed by atoms with Gasteiger partial charge in [-0.1, -0.05) is 0 Å². The molecule has 1 spiro atoms. The molecular weight excluding hydrogens is 370 g/mol. The van der Waals surface area contributed by atoms with Gasteiger partial charge in [-0.2, -0.15) is 13.2 Å². The zero-order valence-corrected chi connectivity index (χ0v) is 14.2. The van der Waals surface area contributed by atoms with Gasteiger partial charge in [0.2, 0.25) is 0 Å². The van der Waals surface area contributed by atoms with E-state index in [2.05, 4.69) is 15.5 Å². The van der Waals surface area contributed by atoms with Crippen molar-refractivity contribution in [2.75, 3.05) is 25.6 Å². The third-order valence-electron chi connectivity index (χ3n) is 4.88. The van der Waals surface area contributed by atoms with Gasteiger partial charge in [-0.3, -0.25) is 0 Å². The van der Waals surface area contributed by atoms with E-state index in [0.29, 0.717) is 42.1 Å². The van der Waals surface area contributed by atoms with E-state index in [4.69, 9.17) is 9.47 Å². The summed E-state index contributed by atoms with van der Waals surface area (Å²) in [5.74, 6) is -1.68. The highest BCUT2D eigenvalue weighted by atomic mass is 19.4. The topological polar surface area (TPSA) is 76.5 Å². The monoisotopic (exact) mass is 385 g/mol. The van der Waals surface area contributed by atoms with Gasteiger partial charge in [-0.15, -0.1) is 10.2 Å². The van der Waals surface area contributed by atoms with Gasteiger partial charge in [0.15, 0.2) is 5.82 Å². The highest BCUT2D eigenvalue weighted by Gasteiger charge is 2.47. The molecule has 1 aromatic carbocycles. The van der Waals surface area contributed by atoms with Crippen molar-refractivity contribution in [3.8, 4) is 17.0 Å². The van der Waals surface area contributed by atoms with Crippen LogP contribution in [-0.2, 0) is 27.9 Å². The van der Waals surface area contributed by atoms with Gasteiger partial charge in [0.25, 0.3) is 0 Å². The Morgan fingerprint density at radius 3 is 2.63 bits per heavy atom. The molecule has 2 N–H and O–H groups in total. The lowest BCUT2D eigenvalue weighted by molar-refractivity contribution is -0.137. The first-order valence-electron chi connectivity index (χ1n) is 8.16. The number of nitrogens with zero attached hydrogens (tertiary/aromatic N) is 2. The first kappa shape index (κ1) is 17.9. The Bertz CT molecular complexity index is 888. The lowest BCUT2D eigenvalue weighted by Gasteiger charge is -2.23. The summed E-state index contributed by atoms with van der Waals surface area (Å²) in [6.45, 7) is 0.805. The lowest BCUT2D eigenvalue weighted by Crippen LogP contribution is -2.27. The fourth-order valence-corrected chi connectivity index (χ4v) is 3.61. The summed E-state index contributed by atoms with van der Waals surface area (Å²) in [6, 6.07) is 0.808. The van der Waals surface area contributed by atoms with Crippen LogP contribution in [0.4, 0.5) is 23.4 Å². The van der Waals surface area contributed by atoms with Gasteiger partial charge in [-0.05, 0) is 12.1 Å². The molecule has 0 aliphatic carbocycles. The van der Waals surface area contributed by atoms with E-state index in [1.165, 1.54) is 0 Å². The Morgan fingerprint density at radius 2 is 2.04 bits per heavy atom. The number of hydrogen-bond donors (Lipinski definition) is 2. The molecule has 0 radical (unpaired) electrons. The maximum atomic E-state index is 14.5. The van der Waals surface area contributed by atoms with E-state index in [-0.39, 0.29) is 18.9 Å². The van der Waals surface area contributed by atoms with E-state index < -0.39 is 34.5 Å². The molecule has 1 atom stereocenters. The normalized spacial score (nSPS) is 21.7. The lowest BCUT2D eigenvalue weighted by atomic mass is 9.90. The number of phenolic OH excluding ortho intramolecular Hbond substituents is 1. The minimum atomic E-state index is -4.78. The van der Waals surface area contributed by atoms with Crippen LogP contribution in [0.5, 0.6) is 5.75 Å². The fraction of sp³-hybridized carbons (Fsp3) is 0.412. The molecule has 6 nitrogen and oxygen atoms in total. The van der Waals surface area contributed by atoms with Crippen molar-refractivity contribution in [1.29, 1.82) is 0 Å². The number of nitrogens with one attached hydrogen (secondary N) is 1. The quantitative estimate of drug-likeness (QED) is 0.774. The van der Waals surface area contributed by atoms with Crippen LogP contribution in [0.25, 0.3) is 11.3 Å². The van der Waals surface area contributed by atoms with Crippen molar-refractivity contribution in [1.82, 2.24) is 10.2 Å². The number of anilines is 1. The van der Waals surface area contributed by atoms with Crippen molar-refractivity contribution in [3.63, 3.8) is 0 Å². The fourth-order valence-electron chi connectivity index (χ4n) is 3.61. The van der Waals surface area contributed by atoms with Gasteiger partial charge in [-0.25, -0.2) is 4.39 Å². The standard InChI is InChI=1S/C17H15F4N3O3/c1-22-15-13-9(6-27-16(13)2-3-26-7-16)14(23-24-15)12-10(18)4-8(5-11(12)25)17(19,20)21/h4-5,25H,2-3,6-7H2,1H3,(H,22,24). The third-order valence-corrected chi connectivity index (χ3v) is 4.88. The number of halogens is 4. The molecule has 144 valence electrons. The second kappa shape index (κ2) is 6.03. The second-order valence-corrected chi connectivity index (χ2v) is 6.44. The molecular formula is C17H15F4N3O3. The molecule has 0 saturated carbocycles. The maximum absolute atomic E-state index is 14.5. The minimum Gasteiger partial charge on any atom is -0.507 e. The molecule has 1 aromatic heterocycles. The number of aromatic hydroxyl groups is 1. The van der Waals surface area contributed by atoms with Crippen molar-refractivity contribution in [2.24, 2.45) is 0 Å². The van der Waals surface area contributed by atoms with Crippen LogP contribution in [-0.4, -0.2) is 35.6 Å². The molecule has 27 heavy (non-hydrogen) atoms. The molecule has 2 aromatic rings. The Morgan fingerprint density at radius 1 is 1.26 bits per heavy atom. The van der Waals surface area contributed by atoms with Crippen molar-refractivity contribution in [2.45, 2.75) is 24.8 Å². The van der Waals surface area contributed by atoms with E-state index in [0.717, 1.165) is 0 Å². The highest BCUT2D eigenvalue weighted by Crippen LogP contribution is 2.49. The number of aromatic nitrogens is 2. The first-order chi connectivity index (χ1) is 12.8. The molecule has 2 aliphatic rings. The van der Waals surface area contributed by atoms with Crippen LogP contribution in [0.15, 0.2) is 12.1 Å².